The molecule has 8 heteroatoms. The summed E-state index contributed by atoms with van der Waals surface area (Å²) >= 11 is 0. The maximum Gasteiger partial charge on any atom is 0.338 e. The van der Waals surface area contributed by atoms with Crippen molar-refractivity contribution in [3.8, 4) is 5.75 Å². The van der Waals surface area contributed by atoms with Crippen LogP contribution in [0.4, 0.5) is 0 Å². The maximum absolute atomic E-state index is 12.3. The second-order valence-electron chi connectivity index (χ2n) is 9.40. The summed E-state index contributed by atoms with van der Waals surface area (Å²) in [5.74, 6) is -0.237. The molecule has 0 radical (unpaired) electrons. The summed E-state index contributed by atoms with van der Waals surface area (Å²) in [6.07, 6.45) is 0.406. The van der Waals surface area contributed by atoms with Gasteiger partial charge in [-0.1, -0.05) is 45.0 Å². The van der Waals surface area contributed by atoms with Gasteiger partial charge in [0.05, 0.1) is 17.1 Å². The topological polar surface area (TPSA) is 90.0 Å². The lowest BCUT2D eigenvalue weighted by atomic mass is 9.87. The number of esters is 1. The Balaban J connectivity index is 1.47. The summed E-state index contributed by atoms with van der Waals surface area (Å²) in [5, 5.41) is 0. The van der Waals surface area contributed by atoms with E-state index in [4.69, 9.17) is 9.47 Å². The van der Waals surface area contributed by atoms with Crippen LogP contribution in [0.3, 0.4) is 0 Å². The Morgan fingerprint density at radius 1 is 1.03 bits per heavy atom. The number of carbonyl (C=O) groups is 2. The summed E-state index contributed by atoms with van der Waals surface area (Å²) in [6, 6.07) is 14.4. The lowest BCUT2D eigenvalue weighted by molar-refractivity contribution is -0.134. The number of carbonyl (C=O) groups excluding carboxylic acids is 2. The highest BCUT2D eigenvalue weighted by Crippen LogP contribution is 2.24. The number of amides is 1. The van der Waals surface area contributed by atoms with Crippen molar-refractivity contribution < 1.29 is 27.5 Å². The van der Waals surface area contributed by atoms with Gasteiger partial charge >= 0.3 is 5.97 Å². The molecule has 1 heterocycles. The first kappa shape index (κ1) is 24.8. The van der Waals surface area contributed by atoms with Crippen molar-refractivity contribution in [1.82, 2.24) is 4.90 Å². The van der Waals surface area contributed by atoms with Gasteiger partial charge in [0.2, 0.25) is 0 Å². The van der Waals surface area contributed by atoms with Crippen molar-refractivity contribution in [2.45, 2.75) is 45.3 Å². The fraction of sp³-hybridized carbons (Fsp3) is 0.440. The molecule has 1 amide bonds. The van der Waals surface area contributed by atoms with Gasteiger partial charge in [0.1, 0.15) is 12.4 Å². The van der Waals surface area contributed by atoms with Crippen molar-refractivity contribution >= 4 is 21.7 Å². The van der Waals surface area contributed by atoms with Crippen LogP contribution in [0.15, 0.2) is 48.5 Å². The molecule has 0 bridgehead atoms. The zero-order chi connectivity index (χ0) is 24.2. The molecule has 0 aliphatic carbocycles. The van der Waals surface area contributed by atoms with Crippen LogP contribution in [-0.4, -0.2) is 56.4 Å². The third-order valence-corrected chi connectivity index (χ3v) is 7.54. The Hall–Kier alpha value is -2.87. The standard InChI is InChI=1S/C25H31NO6S/c1-25(2,3)20-9-11-22(12-10-20)31-15-18-5-7-19(8-6-18)24(28)32-16-23(27)26(4)21-13-14-33(29,30)17-21/h5-12,21H,13-17H2,1-4H3. The van der Waals surface area contributed by atoms with E-state index in [9.17, 15) is 18.0 Å². The number of hydrogen-bond donors (Lipinski definition) is 0. The molecule has 0 saturated carbocycles. The van der Waals surface area contributed by atoms with E-state index in [2.05, 4.69) is 32.9 Å². The van der Waals surface area contributed by atoms with E-state index in [-0.39, 0.29) is 23.0 Å². The minimum atomic E-state index is -3.09. The molecule has 0 spiro atoms. The minimum absolute atomic E-state index is 0.0482. The highest BCUT2D eigenvalue weighted by Gasteiger charge is 2.33. The molecular formula is C25H31NO6S. The van der Waals surface area contributed by atoms with Crippen LogP contribution in [0.1, 0.15) is 48.7 Å². The third kappa shape index (κ3) is 6.81. The zero-order valence-electron chi connectivity index (χ0n) is 19.5. The predicted molar refractivity (Wildman–Crippen MR) is 126 cm³/mol. The third-order valence-electron chi connectivity index (χ3n) is 5.79. The number of likely N-dealkylation sites (N-methyl/N-ethyl adjacent to an activating group) is 1. The lowest BCUT2D eigenvalue weighted by Gasteiger charge is -2.23. The molecule has 1 fully saturated rings. The summed E-state index contributed by atoms with van der Waals surface area (Å²) in [4.78, 5) is 25.9. The van der Waals surface area contributed by atoms with Crippen molar-refractivity contribution in [3.63, 3.8) is 0 Å². The first-order valence-electron chi connectivity index (χ1n) is 10.9. The summed E-state index contributed by atoms with van der Waals surface area (Å²) < 4.78 is 34.1. The van der Waals surface area contributed by atoms with E-state index < -0.39 is 28.3 Å². The molecule has 0 aromatic heterocycles. The first-order valence-corrected chi connectivity index (χ1v) is 12.7. The number of ether oxygens (including phenoxy) is 2. The lowest BCUT2D eigenvalue weighted by Crippen LogP contribution is -2.40. The highest BCUT2D eigenvalue weighted by atomic mass is 32.2. The second kappa shape index (κ2) is 9.95. The van der Waals surface area contributed by atoms with E-state index in [0.29, 0.717) is 18.6 Å². The number of rotatable bonds is 7. The number of benzene rings is 2. The molecule has 1 saturated heterocycles. The Morgan fingerprint density at radius 3 is 2.21 bits per heavy atom. The van der Waals surface area contributed by atoms with Crippen molar-refractivity contribution in [3.05, 3.63) is 65.2 Å². The van der Waals surface area contributed by atoms with Crippen LogP contribution in [0.5, 0.6) is 5.75 Å². The molecule has 1 aliphatic rings. The summed E-state index contributed by atoms with van der Waals surface area (Å²) in [6.45, 7) is 6.41. The van der Waals surface area contributed by atoms with Crippen molar-refractivity contribution in [1.29, 1.82) is 0 Å². The van der Waals surface area contributed by atoms with Gasteiger partial charge < -0.3 is 14.4 Å². The molecule has 0 N–H and O–H groups in total. The van der Waals surface area contributed by atoms with E-state index >= 15 is 0 Å². The van der Waals surface area contributed by atoms with Crippen LogP contribution in [0.25, 0.3) is 0 Å². The summed E-state index contributed by atoms with van der Waals surface area (Å²) in [5.41, 5.74) is 2.53. The SMILES string of the molecule is CN(C(=O)COC(=O)c1ccc(COc2ccc(C(C)(C)C)cc2)cc1)C1CCS(=O)(=O)C1. The van der Waals surface area contributed by atoms with E-state index in [1.165, 1.54) is 17.5 Å². The molecule has 2 aromatic carbocycles. The van der Waals surface area contributed by atoms with Gasteiger partial charge in [-0.3, -0.25) is 4.79 Å². The van der Waals surface area contributed by atoms with Crippen molar-refractivity contribution in [2.75, 3.05) is 25.2 Å². The molecule has 178 valence electrons. The predicted octanol–water partition coefficient (Wildman–Crippen LogP) is 3.37. The fourth-order valence-corrected chi connectivity index (χ4v) is 5.33. The normalized spacial score (nSPS) is 17.4. The van der Waals surface area contributed by atoms with Crippen LogP contribution >= 0.6 is 0 Å². The second-order valence-corrected chi connectivity index (χ2v) is 11.6. The minimum Gasteiger partial charge on any atom is -0.489 e. The molecule has 1 atom stereocenters. The molecule has 2 aromatic rings. The zero-order valence-corrected chi connectivity index (χ0v) is 20.4. The summed E-state index contributed by atoms with van der Waals surface area (Å²) in [7, 11) is -1.56. The van der Waals surface area contributed by atoms with E-state index in [1.54, 1.807) is 24.3 Å². The molecule has 1 unspecified atom stereocenters. The van der Waals surface area contributed by atoms with Gasteiger partial charge in [-0.25, -0.2) is 13.2 Å². The van der Waals surface area contributed by atoms with Crippen LogP contribution in [0, 0.1) is 0 Å². The molecular weight excluding hydrogens is 442 g/mol. The van der Waals surface area contributed by atoms with Gasteiger partial charge in [0, 0.05) is 13.1 Å². The first-order chi connectivity index (χ1) is 15.4. The van der Waals surface area contributed by atoms with Gasteiger partial charge in [0.15, 0.2) is 16.4 Å². The van der Waals surface area contributed by atoms with Gasteiger partial charge in [-0.15, -0.1) is 0 Å². The maximum atomic E-state index is 12.3. The Kier molecular flexibility index (Phi) is 7.47. The number of hydrogen-bond acceptors (Lipinski definition) is 6. The number of sulfone groups is 1. The quantitative estimate of drug-likeness (QED) is 0.573. The fourth-order valence-electron chi connectivity index (χ4n) is 3.55. The van der Waals surface area contributed by atoms with Crippen LogP contribution < -0.4 is 4.74 Å². The molecule has 3 rings (SSSR count). The number of nitrogens with zero attached hydrogens (tertiary/aromatic N) is 1. The smallest absolute Gasteiger partial charge is 0.338 e. The van der Waals surface area contributed by atoms with Crippen LogP contribution in [0.2, 0.25) is 0 Å². The molecule has 1 aliphatic heterocycles. The Morgan fingerprint density at radius 2 is 1.67 bits per heavy atom. The van der Waals surface area contributed by atoms with Gasteiger partial charge in [-0.05, 0) is 47.2 Å². The Labute approximate surface area is 195 Å². The van der Waals surface area contributed by atoms with E-state index in [0.717, 1.165) is 11.3 Å². The largest absolute Gasteiger partial charge is 0.489 e. The van der Waals surface area contributed by atoms with E-state index in [1.807, 2.05) is 12.1 Å². The highest BCUT2D eigenvalue weighted by molar-refractivity contribution is 7.91. The Bertz CT molecular complexity index is 1090. The average molecular weight is 474 g/mol. The molecule has 7 nitrogen and oxygen atoms in total. The van der Waals surface area contributed by atoms with Crippen LogP contribution in [-0.2, 0) is 31.4 Å². The van der Waals surface area contributed by atoms with Gasteiger partial charge in [0.25, 0.3) is 5.91 Å². The van der Waals surface area contributed by atoms with Gasteiger partial charge in [-0.2, -0.15) is 0 Å². The average Bonchev–Trinajstić information content (AvgIpc) is 3.15. The molecule has 33 heavy (non-hydrogen) atoms. The van der Waals surface area contributed by atoms with Crippen molar-refractivity contribution in [2.24, 2.45) is 0 Å². The monoisotopic (exact) mass is 473 g/mol.